The van der Waals surface area contributed by atoms with Crippen LogP contribution in [0, 0.1) is 17.3 Å². The Morgan fingerprint density at radius 2 is 1.80 bits per heavy atom. The fourth-order valence-corrected chi connectivity index (χ4v) is 3.88. The number of hydrogen-bond donors (Lipinski definition) is 2. The number of nitrogens with one attached hydrogen (secondary N) is 1. The first kappa shape index (κ1) is 26.1. The minimum absolute atomic E-state index is 0.0231. The molecule has 1 heterocycles. The Bertz CT molecular complexity index is 666. The molecule has 0 bridgehead atoms. The molecule has 7 nitrogen and oxygen atoms in total. The van der Waals surface area contributed by atoms with Crippen LogP contribution in [-0.2, 0) is 14.4 Å². The molecule has 7 heteroatoms. The number of carboxylic acid groups (broad SMARTS) is 1. The molecule has 1 aliphatic heterocycles. The Hall–Kier alpha value is -1.89. The summed E-state index contributed by atoms with van der Waals surface area (Å²) in [5, 5.41) is 12.3. The molecule has 0 unspecified atom stereocenters. The third-order valence-electron chi connectivity index (χ3n) is 6.07. The highest BCUT2D eigenvalue weighted by molar-refractivity contribution is 5.91. The van der Waals surface area contributed by atoms with Crippen LogP contribution in [-0.4, -0.2) is 71.5 Å². The fraction of sp³-hybridized carbons (Fsp3) is 0.783. The van der Waals surface area contributed by atoms with Crippen molar-refractivity contribution in [2.75, 3.05) is 20.6 Å². The second kappa shape index (κ2) is 10.4. The van der Waals surface area contributed by atoms with Crippen molar-refractivity contribution in [3.8, 4) is 0 Å². The normalized spacial score (nSPS) is 23.1. The zero-order valence-corrected chi connectivity index (χ0v) is 20.2. The summed E-state index contributed by atoms with van der Waals surface area (Å²) in [4.78, 5) is 41.5. The van der Waals surface area contributed by atoms with Gasteiger partial charge in [-0.3, -0.25) is 14.5 Å². The largest absolute Gasteiger partial charge is 0.478 e. The molecule has 1 rings (SSSR count). The van der Waals surface area contributed by atoms with E-state index in [2.05, 4.69) is 17.1 Å². The van der Waals surface area contributed by atoms with Gasteiger partial charge in [-0.2, -0.15) is 0 Å². The lowest BCUT2D eigenvalue weighted by molar-refractivity contribution is -0.141. The number of hydrogen-bond acceptors (Lipinski definition) is 4. The van der Waals surface area contributed by atoms with Crippen LogP contribution in [0.5, 0.6) is 0 Å². The van der Waals surface area contributed by atoms with E-state index in [1.807, 2.05) is 41.7 Å². The van der Waals surface area contributed by atoms with E-state index < -0.39 is 17.4 Å². The van der Waals surface area contributed by atoms with Crippen LogP contribution in [0.15, 0.2) is 11.6 Å². The van der Waals surface area contributed by atoms with E-state index in [-0.39, 0.29) is 35.4 Å². The SMILES string of the molecule is C/C(=C\[C@H](C(C)C)N(C)C(=O)[C@@H](NC(=O)[C@H]1C[C@H](C)CCN1C)C(C)(C)C)C(=O)O. The third-order valence-corrected chi connectivity index (χ3v) is 6.07. The molecule has 0 saturated carbocycles. The van der Waals surface area contributed by atoms with Crippen LogP contribution in [0.25, 0.3) is 0 Å². The molecule has 0 radical (unpaired) electrons. The average molecular weight is 424 g/mol. The van der Waals surface area contributed by atoms with Gasteiger partial charge < -0.3 is 15.3 Å². The van der Waals surface area contributed by atoms with Crippen molar-refractivity contribution in [2.45, 2.75) is 79.4 Å². The summed E-state index contributed by atoms with van der Waals surface area (Å²) >= 11 is 0. The molecule has 2 amide bonds. The maximum absolute atomic E-state index is 13.5. The highest BCUT2D eigenvalue weighted by Crippen LogP contribution is 2.26. The molecule has 30 heavy (non-hydrogen) atoms. The standard InChI is InChI=1S/C23H41N3O4/c1-14(2)17(13-16(4)22(29)30)26(9)21(28)19(23(5,6)7)24-20(27)18-12-15(3)10-11-25(18)8/h13-15,17-19H,10-12H2,1-9H3,(H,24,27)(H,29,30)/b16-13+/t15-,17-,18-,19-/m1/s1. The summed E-state index contributed by atoms with van der Waals surface area (Å²) in [5.41, 5.74) is -0.296. The molecule has 1 aliphatic rings. The molecule has 2 N–H and O–H groups in total. The minimum atomic E-state index is -1.00. The van der Waals surface area contributed by atoms with Gasteiger partial charge >= 0.3 is 5.97 Å². The zero-order chi connectivity index (χ0) is 23.4. The number of aliphatic carboxylic acids is 1. The van der Waals surface area contributed by atoms with Crippen molar-refractivity contribution >= 4 is 17.8 Å². The lowest BCUT2D eigenvalue weighted by atomic mass is 9.84. The average Bonchev–Trinajstić information content (AvgIpc) is 2.63. The second-order valence-corrected chi connectivity index (χ2v) is 10.3. The van der Waals surface area contributed by atoms with Crippen LogP contribution in [0.3, 0.4) is 0 Å². The van der Waals surface area contributed by atoms with Gasteiger partial charge in [0.1, 0.15) is 6.04 Å². The Labute approximate surface area is 181 Å². The van der Waals surface area contributed by atoms with Crippen LogP contribution >= 0.6 is 0 Å². The maximum atomic E-state index is 13.5. The highest BCUT2D eigenvalue weighted by atomic mass is 16.4. The first-order chi connectivity index (χ1) is 13.7. The van der Waals surface area contributed by atoms with Gasteiger partial charge in [0, 0.05) is 12.6 Å². The van der Waals surface area contributed by atoms with E-state index >= 15 is 0 Å². The van der Waals surface area contributed by atoms with E-state index in [1.54, 1.807) is 18.0 Å². The molecule has 1 fully saturated rings. The third kappa shape index (κ3) is 6.83. The van der Waals surface area contributed by atoms with Gasteiger partial charge in [-0.05, 0) is 50.6 Å². The second-order valence-electron chi connectivity index (χ2n) is 10.3. The number of carbonyl (C=O) groups excluding carboxylic acids is 2. The number of likely N-dealkylation sites (tertiary alicyclic amines) is 1. The zero-order valence-electron chi connectivity index (χ0n) is 20.2. The molecule has 0 aromatic heterocycles. The van der Waals surface area contributed by atoms with Gasteiger partial charge in [0.15, 0.2) is 0 Å². The van der Waals surface area contributed by atoms with Crippen molar-refractivity contribution in [1.29, 1.82) is 0 Å². The predicted octanol–water partition coefficient (Wildman–Crippen LogP) is 2.76. The van der Waals surface area contributed by atoms with Gasteiger partial charge in [-0.15, -0.1) is 0 Å². The van der Waals surface area contributed by atoms with Crippen LogP contribution in [0.1, 0.15) is 61.3 Å². The Morgan fingerprint density at radius 1 is 1.23 bits per heavy atom. The van der Waals surface area contributed by atoms with Gasteiger partial charge in [0.05, 0.1) is 12.1 Å². The Balaban J connectivity index is 3.12. The number of amides is 2. The smallest absolute Gasteiger partial charge is 0.331 e. The predicted molar refractivity (Wildman–Crippen MR) is 119 cm³/mol. The first-order valence-corrected chi connectivity index (χ1v) is 10.9. The van der Waals surface area contributed by atoms with E-state index in [0.29, 0.717) is 5.92 Å². The molecule has 0 aliphatic carbocycles. The molecular formula is C23H41N3O4. The van der Waals surface area contributed by atoms with E-state index in [1.165, 1.54) is 6.92 Å². The minimum Gasteiger partial charge on any atom is -0.478 e. The highest BCUT2D eigenvalue weighted by Gasteiger charge is 2.39. The lowest BCUT2D eigenvalue weighted by Crippen LogP contribution is -2.60. The van der Waals surface area contributed by atoms with Gasteiger partial charge in [0.2, 0.25) is 11.8 Å². The number of nitrogens with zero attached hydrogens (tertiary/aromatic N) is 2. The summed E-state index contributed by atoms with van der Waals surface area (Å²) in [7, 11) is 3.63. The molecule has 0 aromatic carbocycles. The van der Waals surface area contributed by atoms with Crippen molar-refractivity contribution in [1.82, 2.24) is 15.1 Å². The summed E-state index contributed by atoms with van der Waals surface area (Å²) in [6, 6.07) is -1.33. The number of carbonyl (C=O) groups is 3. The van der Waals surface area contributed by atoms with E-state index in [9.17, 15) is 19.5 Å². The van der Waals surface area contributed by atoms with Crippen LogP contribution < -0.4 is 5.32 Å². The molecule has 172 valence electrons. The number of piperidine rings is 1. The topological polar surface area (TPSA) is 90.0 Å². The summed E-state index contributed by atoms with van der Waals surface area (Å²) < 4.78 is 0. The Kier molecular flexibility index (Phi) is 9.08. The molecule has 1 saturated heterocycles. The summed E-state index contributed by atoms with van der Waals surface area (Å²) in [6.07, 6.45) is 3.46. The monoisotopic (exact) mass is 423 g/mol. The van der Waals surface area contributed by atoms with Crippen LogP contribution in [0.2, 0.25) is 0 Å². The van der Waals surface area contributed by atoms with Crippen molar-refractivity contribution in [2.24, 2.45) is 17.3 Å². The molecule has 0 spiro atoms. The molecule has 0 aromatic rings. The lowest BCUT2D eigenvalue weighted by Gasteiger charge is -2.40. The Morgan fingerprint density at radius 3 is 2.27 bits per heavy atom. The molecular weight excluding hydrogens is 382 g/mol. The van der Waals surface area contributed by atoms with Gasteiger partial charge in [-0.25, -0.2) is 4.79 Å². The quantitative estimate of drug-likeness (QED) is 0.615. The van der Waals surface area contributed by atoms with E-state index in [4.69, 9.17) is 0 Å². The van der Waals surface area contributed by atoms with Crippen molar-refractivity contribution in [3.63, 3.8) is 0 Å². The number of likely N-dealkylation sites (N-methyl/N-ethyl adjacent to an activating group) is 2. The van der Waals surface area contributed by atoms with Gasteiger partial charge in [0.25, 0.3) is 0 Å². The maximum Gasteiger partial charge on any atom is 0.331 e. The fourth-order valence-electron chi connectivity index (χ4n) is 3.88. The van der Waals surface area contributed by atoms with Crippen molar-refractivity contribution in [3.05, 3.63) is 11.6 Å². The molecule has 4 atom stereocenters. The van der Waals surface area contributed by atoms with Crippen molar-refractivity contribution < 1.29 is 19.5 Å². The number of carboxylic acids is 1. The van der Waals surface area contributed by atoms with Crippen LogP contribution in [0.4, 0.5) is 0 Å². The summed E-state index contributed by atoms with van der Waals surface area (Å²) in [5.74, 6) is -0.844. The van der Waals surface area contributed by atoms with E-state index in [0.717, 1.165) is 19.4 Å². The first-order valence-electron chi connectivity index (χ1n) is 10.9. The number of rotatable bonds is 7. The van der Waals surface area contributed by atoms with Gasteiger partial charge in [-0.1, -0.05) is 47.6 Å². The summed E-state index contributed by atoms with van der Waals surface area (Å²) in [6.45, 7) is 14.2.